The molecule has 2 heterocycles. The maximum absolute atomic E-state index is 12.0. The van der Waals surface area contributed by atoms with Crippen molar-refractivity contribution in [2.24, 2.45) is 0 Å². The lowest BCUT2D eigenvalue weighted by Crippen LogP contribution is -2.57. The smallest absolute Gasteiger partial charge is 0.326 e. The molecule has 0 aromatic carbocycles. The standard InChI is InChI=1S/C12H21NO3S/c1-15-11(14)12(5-3-7-17-9-12)13-8-10-4-2-6-16-10/h10,13H,2-9H2,1H3. The van der Waals surface area contributed by atoms with Crippen molar-refractivity contribution in [3.63, 3.8) is 0 Å². The van der Waals surface area contributed by atoms with Crippen LogP contribution in [0.2, 0.25) is 0 Å². The Morgan fingerprint density at radius 1 is 1.59 bits per heavy atom. The van der Waals surface area contributed by atoms with Gasteiger partial charge in [-0.25, -0.2) is 0 Å². The SMILES string of the molecule is COC(=O)C1(NCC2CCCO2)CCCSC1. The highest BCUT2D eigenvalue weighted by atomic mass is 32.2. The van der Waals surface area contributed by atoms with Crippen LogP contribution in [0.1, 0.15) is 25.7 Å². The molecule has 2 rings (SSSR count). The quantitative estimate of drug-likeness (QED) is 0.769. The second kappa shape index (κ2) is 6.07. The van der Waals surface area contributed by atoms with E-state index in [1.54, 1.807) is 0 Å². The molecule has 0 aromatic heterocycles. The molecule has 4 nitrogen and oxygen atoms in total. The maximum atomic E-state index is 12.0. The van der Waals surface area contributed by atoms with Gasteiger partial charge in [-0.05, 0) is 31.4 Å². The van der Waals surface area contributed by atoms with Gasteiger partial charge in [0, 0.05) is 18.9 Å². The Kier molecular flexibility index (Phi) is 4.70. The van der Waals surface area contributed by atoms with Gasteiger partial charge in [-0.2, -0.15) is 11.8 Å². The molecule has 0 bridgehead atoms. The average molecular weight is 259 g/mol. The molecular weight excluding hydrogens is 238 g/mol. The van der Waals surface area contributed by atoms with Crippen LogP contribution in [0.3, 0.4) is 0 Å². The summed E-state index contributed by atoms with van der Waals surface area (Å²) >= 11 is 1.82. The van der Waals surface area contributed by atoms with Crippen molar-refractivity contribution in [3.8, 4) is 0 Å². The van der Waals surface area contributed by atoms with Gasteiger partial charge in [0.15, 0.2) is 0 Å². The van der Waals surface area contributed by atoms with E-state index in [1.165, 1.54) is 7.11 Å². The summed E-state index contributed by atoms with van der Waals surface area (Å²) in [6, 6.07) is 0. The molecular formula is C12H21NO3S. The number of carbonyl (C=O) groups excluding carboxylic acids is 1. The van der Waals surface area contributed by atoms with Crippen LogP contribution >= 0.6 is 11.8 Å². The number of esters is 1. The summed E-state index contributed by atoms with van der Waals surface area (Å²) in [7, 11) is 1.47. The Hall–Kier alpha value is -0.260. The van der Waals surface area contributed by atoms with E-state index >= 15 is 0 Å². The number of carbonyl (C=O) groups is 1. The van der Waals surface area contributed by atoms with E-state index < -0.39 is 5.54 Å². The predicted octanol–water partition coefficient (Wildman–Crippen LogP) is 1.19. The van der Waals surface area contributed by atoms with Crippen molar-refractivity contribution in [2.45, 2.75) is 37.3 Å². The summed E-state index contributed by atoms with van der Waals surface area (Å²) in [5, 5.41) is 3.41. The van der Waals surface area contributed by atoms with Crippen LogP contribution < -0.4 is 5.32 Å². The first-order chi connectivity index (χ1) is 8.27. The second-order valence-electron chi connectivity index (χ2n) is 4.75. The molecule has 17 heavy (non-hydrogen) atoms. The van der Waals surface area contributed by atoms with Crippen LogP contribution in [-0.4, -0.2) is 49.4 Å². The Morgan fingerprint density at radius 3 is 3.06 bits per heavy atom. The highest BCUT2D eigenvalue weighted by Crippen LogP contribution is 2.28. The Bertz CT molecular complexity index is 260. The zero-order chi connectivity index (χ0) is 12.1. The number of methoxy groups -OCH3 is 1. The molecule has 1 N–H and O–H groups in total. The van der Waals surface area contributed by atoms with Crippen molar-refractivity contribution in [1.82, 2.24) is 5.32 Å². The van der Waals surface area contributed by atoms with Gasteiger partial charge in [0.1, 0.15) is 5.54 Å². The fourth-order valence-electron chi connectivity index (χ4n) is 2.48. The maximum Gasteiger partial charge on any atom is 0.326 e. The molecule has 98 valence electrons. The minimum absolute atomic E-state index is 0.123. The summed E-state index contributed by atoms with van der Waals surface area (Å²) in [5.41, 5.74) is -0.483. The summed E-state index contributed by atoms with van der Waals surface area (Å²) in [5.74, 6) is 1.83. The molecule has 0 aromatic rings. The molecule has 2 saturated heterocycles. The van der Waals surface area contributed by atoms with E-state index in [4.69, 9.17) is 9.47 Å². The van der Waals surface area contributed by atoms with Crippen LogP contribution in [0.25, 0.3) is 0 Å². The van der Waals surface area contributed by atoms with Gasteiger partial charge in [-0.3, -0.25) is 10.1 Å². The van der Waals surface area contributed by atoms with Gasteiger partial charge in [-0.15, -0.1) is 0 Å². The minimum Gasteiger partial charge on any atom is -0.468 e. The number of nitrogens with one attached hydrogen (secondary N) is 1. The van der Waals surface area contributed by atoms with Crippen molar-refractivity contribution in [3.05, 3.63) is 0 Å². The molecule has 5 heteroatoms. The molecule has 2 fully saturated rings. The number of hydrogen-bond donors (Lipinski definition) is 1. The first kappa shape index (κ1) is 13.2. The molecule has 0 spiro atoms. The normalized spacial score (nSPS) is 33.6. The third-order valence-corrected chi connectivity index (χ3v) is 4.78. The van der Waals surface area contributed by atoms with Gasteiger partial charge in [0.05, 0.1) is 13.2 Å². The topological polar surface area (TPSA) is 47.6 Å². The lowest BCUT2D eigenvalue weighted by atomic mass is 9.95. The van der Waals surface area contributed by atoms with Crippen LogP contribution in [0, 0.1) is 0 Å². The molecule has 2 unspecified atom stereocenters. The van der Waals surface area contributed by atoms with Crippen molar-refractivity contribution in [2.75, 3.05) is 31.8 Å². The number of ether oxygens (including phenoxy) is 2. The summed E-state index contributed by atoms with van der Waals surface area (Å²) < 4.78 is 10.5. The molecule has 0 aliphatic carbocycles. The second-order valence-corrected chi connectivity index (χ2v) is 5.85. The van der Waals surface area contributed by atoms with Gasteiger partial charge in [0.25, 0.3) is 0 Å². The number of hydrogen-bond acceptors (Lipinski definition) is 5. The van der Waals surface area contributed by atoms with E-state index in [1.807, 2.05) is 11.8 Å². The number of rotatable bonds is 4. The zero-order valence-corrected chi connectivity index (χ0v) is 11.2. The molecule has 0 amide bonds. The third kappa shape index (κ3) is 3.14. The third-order valence-electron chi connectivity index (χ3n) is 3.51. The van der Waals surface area contributed by atoms with Gasteiger partial charge in [0.2, 0.25) is 0 Å². The summed E-state index contributed by atoms with van der Waals surface area (Å²) in [4.78, 5) is 12.0. The average Bonchev–Trinajstić information content (AvgIpc) is 2.89. The number of thioether (sulfide) groups is 1. The fraction of sp³-hybridized carbons (Fsp3) is 0.917. The minimum atomic E-state index is -0.483. The van der Waals surface area contributed by atoms with E-state index in [-0.39, 0.29) is 12.1 Å². The lowest BCUT2D eigenvalue weighted by Gasteiger charge is -2.35. The first-order valence-electron chi connectivity index (χ1n) is 6.30. The van der Waals surface area contributed by atoms with E-state index in [9.17, 15) is 4.79 Å². The molecule has 0 saturated carbocycles. The molecule has 2 atom stereocenters. The summed E-state index contributed by atoms with van der Waals surface area (Å²) in [6.07, 6.45) is 4.44. The van der Waals surface area contributed by atoms with Crippen molar-refractivity contribution < 1.29 is 14.3 Å². The van der Waals surface area contributed by atoms with Crippen LogP contribution in [0.15, 0.2) is 0 Å². The van der Waals surface area contributed by atoms with Crippen molar-refractivity contribution in [1.29, 1.82) is 0 Å². The van der Waals surface area contributed by atoms with Gasteiger partial charge >= 0.3 is 5.97 Å². The van der Waals surface area contributed by atoms with Gasteiger partial charge < -0.3 is 9.47 Å². The van der Waals surface area contributed by atoms with Gasteiger partial charge in [-0.1, -0.05) is 0 Å². The fourth-order valence-corrected chi connectivity index (χ4v) is 3.68. The first-order valence-corrected chi connectivity index (χ1v) is 7.45. The summed E-state index contributed by atoms with van der Waals surface area (Å²) in [6.45, 7) is 1.61. The molecule has 0 radical (unpaired) electrons. The molecule has 2 aliphatic heterocycles. The van der Waals surface area contributed by atoms with E-state index in [0.29, 0.717) is 0 Å². The largest absolute Gasteiger partial charge is 0.468 e. The lowest BCUT2D eigenvalue weighted by molar-refractivity contribution is -0.148. The highest BCUT2D eigenvalue weighted by molar-refractivity contribution is 7.99. The van der Waals surface area contributed by atoms with Crippen LogP contribution in [0.4, 0.5) is 0 Å². The van der Waals surface area contributed by atoms with E-state index in [2.05, 4.69) is 5.32 Å². The van der Waals surface area contributed by atoms with Crippen LogP contribution in [0.5, 0.6) is 0 Å². The van der Waals surface area contributed by atoms with E-state index in [0.717, 1.165) is 50.3 Å². The van der Waals surface area contributed by atoms with Crippen molar-refractivity contribution >= 4 is 17.7 Å². The Morgan fingerprint density at radius 2 is 2.47 bits per heavy atom. The highest BCUT2D eigenvalue weighted by Gasteiger charge is 2.41. The molecule has 2 aliphatic rings. The monoisotopic (exact) mass is 259 g/mol. The van der Waals surface area contributed by atoms with Crippen LogP contribution in [-0.2, 0) is 14.3 Å². The Labute approximate surface area is 107 Å². The zero-order valence-electron chi connectivity index (χ0n) is 10.4. The Balaban J connectivity index is 1.92. The predicted molar refractivity (Wildman–Crippen MR) is 68.3 cm³/mol.